The lowest BCUT2D eigenvalue weighted by molar-refractivity contribution is 0.0918. The van der Waals surface area contributed by atoms with Crippen molar-refractivity contribution in [1.82, 2.24) is 10.2 Å². The van der Waals surface area contributed by atoms with E-state index in [1.807, 2.05) is 6.92 Å². The van der Waals surface area contributed by atoms with E-state index in [0.29, 0.717) is 23.7 Å². The number of benzene rings is 1. The molecule has 2 fully saturated rings. The molecule has 0 spiro atoms. The third-order valence-electron chi connectivity index (χ3n) is 5.19. The van der Waals surface area contributed by atoms with E-state index in [4.69, 9.17) is 21.1 Å². The van der Waals surface area contributed by atoms with Gasteiger partial charge in [0.05, 0.1) is 36.3 Å². The Balaban J connectivity index is 1.78. The number of nitrogens with zero attached hydrogens (tertiary/aromatic N) is 1. The maximum atomic E-state index is 12.8. The van der Waals surface area contributed by atoms with Gasteiger partial charge in [-0.15, -0.1) is 0 Å². The highest BCUT2D eigenvalue weighted by Crippen LogP contribution is 2.36. The number of methoxy groups -OCH3 is 1. The fourth-order valence-electron chi connectivity index (χ4n) is 3.85. The number of halogens is 1. The Hall–Kier alpha value is -1.51. The molecule has 156 valence electrons. The molecule has 0 aliphatic carbocycles. The van der Waals surface area contributed by atoms with Gasteiger partial charge in [-0.25, -0.2) is 8.42 Å². The lowest BCUT2D eigenvalue weighted by Gasteiger charge is -2.28. The summed E-state index contributed by atoms with van der Waals surface area (Å²) in [4.78, 5) is 15.0. The number of nitrogens with one attached hydrogen (secondary N) is 1. The molecule has 9 heteroatoms. The van der Waals surface area contributed by atoms with Crippen LogP contribution in [0.3, 0.4) is 0 Å². The summed E-state index contributed by atoms with van der Waals surface area (Å²) in [7, 11) is -1.69. The second kappa shape index (κ2) is 8.88. The van der Waals surface area contributed by atoms with Crippen molar-refractivity contribution in [2.75, 3.05) is 38.3 Å². The summed E-state index contributed by atoms with van der Waals surface area (Å²) in [5.41, 5.74) is 0.315. The molecule has 0 bridgehead atoms. The van der Waals surface area contributed by atoms with Crippen molar-refractivity contribution in [1.29, 1.82) is 0 Å². The highest BCUT2D eigenvalue weighted by atomic mass is 35.5. The van der Waals surface area contributed by atoms with E-state index < -0.39 is 15.9 Å². The molecule has 2 saturated heterocycles. The van der Waals surface area contributed by atoms with Crippen LogP contribution in [0.1, 0.15) is 36.5 Å². The molecule has 1 aromatic rings. The van der Waals surface area contributed by atoms with Crippen molar-refractivity contribution in [3.63, 3.8) is 0 Å². The maximum Gasteiger partial charge on any atom is 0.251 e. The average Bonchev–Trinajstić information content (AvgIpc) is 3.27. The van der Waals surface area contributed by atoms with Gasteiger partial charge >= 0.3 is 0 Å². The summed E-state index contributed by atoms with van der Waals surface area (Å²) in [5, 5.41) is 3.19. The van der Waals surface area contributed by atoms with Gasteiger partial charge in [0, 0.05) is 11.6 Å². The number of rotatable bonds is 7. The molecule has 2 unspecified atom stereocenters. The Morgan fingerprint density at radius 2 is 2.00 bits per heavy atom. The van der Waals surface area contributed by atoms with Gasteiger partial charge < -0.3 is 14.8 Å². The van der Waals surface area contributed by atoms with E-state index in [0.717, 1.165) is 32.4 Å². The fourth-order valence-corrected chi connectivity index (χ4v) is 6.06. The number of hydrogen-bond donors (Lipinski definition) is 1. The maximum absolute atomic E-state index is 12.8. The summed E-state index contributed by atoms with van der Waals surface area (Å²) in [6.07, 6.45) is 2.93. The van der Waals surface area contributed by atoms with Crippen LogP contribution in [0.25, 0.3) is 0 Å². The molecule has 0 saturated carbocycles. The van der Waals surface area contributed by atoms with E-state index in [1.165, 1.54) is 13.2 Å². The number of ether oxygens (including phenoxy) is 2. The van der Waals surface area contributed by atoms with Gasteiger partial charge in [-0.05, 0) is 44.5 Å². The quantitative estimate of drug-likeness (QED) is 0.713. The second-order valence-electron chi connectivity index (χ2n) is 7.31. The van der Waals surface area contributed by atoms with Gasteiger partial charge in [0.15, 0.2) is 21.3 Å². The summed E-state index contributed by atoms with van der Waals surface area (Å²) in [6, 6.07) is 2.48. The van der Waals surface area contributed by atoms with Crippen molar-refractivity contribution in [3.8, 4) is 11.5 Å². The Labute approximate surface area is 171 Å². The van der Waals surface area contributed by atoms with E-state index in [9.17, 15) is 13.2 Å². The van der Waals surface area contributed by atoms with Crippen molar-refractivity contribution < 1.29 is 22.7 Å². The van der Waals surface area contributed by atoms with Gasteiger partial charge in [0.25, 0.3) is 5.91 Å². The van der Waals surface area contributed by atoms with Crippen LogP contribution in [0.4, 0.5) is 0 Å². The Morgan fingerprint density at radius 3 is 2.64 bits per heavy atom. The number of likely N-dealkylation sites (tertiary alicyclic amines) is 1. The van der Waals surface area contributed by atoms with E-state index >= 15 is 0 Å². The first-order valence-electron chi connectivity index (χ1n) is 9.60. The number of hydrogen-bond acceptors (Lipinski definition) is 6. The van der Waals surface area contributed by atoms with Crippen molar-refractivity contribution in [2.45, 2.75) is 38.3 Å². The number of carbonyl (C=O) groups is 1. The summed E-state index contributed by atoms with van der Waals surface area (Å²) >= 11 is 6.30. The minimum absolute atomic E-state index is 0.0392. The van der Waals surface area contributed by atoms with Crippen molar-refractivity contribution in [3.05, 3.63) is 22.7 Å². The third kappa shape index (κ3) is 4.72. The van der Waals surface area contributed by atoms with Crippen LogP contribution in [0.5, 0.6) is 11.5 Å². The van der Waals surface area contributed by atoms with E-state index in [2.05, 4.69) is 10.2 Å². The van der Waals surface area contributed by atoms with Crippen LogP contribution in [0, 0.1) is 0 Å². The Morgan fingerprint density at radius 1 is 1.29 bits per heavy atom. The molecule has 1 N–H and O–H groups in total. The van der Waals surface area contributed by atoms with Crippen LogP contribution in [0.2, 0.25) is 5.02 Å². The van der Waals surface area contributed by atoms with Crippen LogP contribution in [0.15, 0.2) is 12.1 Å². The standard InChI is InChI=1S/C19H27ClN2O5S/c1-3-8-27-18-14(20)9-13(10-17(18)26-2)19(23)21-15-11-28(24,25)12-16(15)22-6-4-5-7-22/h9-10,15-16H,3-8,11-12H2,1-2H3,(H,21,23). The zero-order chi connectivity index (χ0) is 20.3. The van der Waals surface area contributed by atoms with Crippen LogP contribution in [-0.2, 0) is 9.84 Å². The highest BCUT2D eigenvalue weighted by Gasteiger charge is 2.42. The summed E-state index contributed by atoms with van der Waals surface area (Å²) in [6.45, 7) is 4.21. The lowest BCUT2D eigenvalue weighted by atomic mass is 10.1. The largest absolute Gasteiger partial charge is 0.493 e. The first-order valence-corrected chi connectivity index (χ1v) is 11.8. The molecule has 2 heterocycles. The molecule has 2 aliphatic rings. The van der Waals surface area contributed by atoms with Crippen molar-refractivity contribution in [2.24, 2.45) is 0 Å². The summed E-state index contributed by atoms with van der Waals surface area (Å²) < 4.78 is 35.3. The predicted molar refractivity (Wildman–Crippen MR) is 108 cm³/mol. The predicted octanol–water partition coefficient (Wildman–Crippen LogP) is 2.13. The molecular weight excluding hydrogens is 404 g/mol. The van der Waals surface area contributed by atoms with Crippen molar-refractivity contribution >= 4 is 27.3 Å². The average molecular weight is 431 g/mol. The lowest BCUT2D eigenvalue weighted by Crippen LogP contribution is -2.50. The smallest absolute Gasteiger partial charge is 0.251 e. The minimum Gasteiger partial charge on any atom is -0.493 e. The molecule has 28 heavy (non-hydrogen) atoms. The number of carbonyl (C=O) groups excluding carboxylic acids is 1. The van der Waals surface area contributed by atoms with Crippen LogP contribution < -0.4 is 14.8 Å². The molecule has 2 atom stereocenters. The molecule has 7 nitrogen and oxygen atoms in total. The zero-order valence-corrected chi connectivity index (χ0v) is 17.8. The Bertz CT molecular complexity index is 824. The van der Waals surface area contributed by atoms with Gasteiger partial charge in [0.2, 0.25) is 0 Å². The van der Waals surface area contributed by atoms with Crippen LogP contribution in [-0.4, -0.2) is 69.6 Å². The van der Waals surface area contributed by atoms with Gasteiger partial charge in [-0.2, -0.15) is 0 Å². The molecule has 0 radical (unpaired) electrons. The first kappa shape index (κ1) is 21.2. The first-order chi connectivity index (χ1) is 13.3. The van der Waals surface area contributed by atoms with Gasteiger partial charge in [0.1, 0.15) is 0 Å². The molecular formula is C19H27ClN2O5S. The second-order valence-corrected chi connectivity index (χ2v) is 9.87. The number of amides is 1. The topological polar surface area (TPSA) is 84.9 Å². The monoisotopic (exact) mass is 430 g/mol. The minimum atomic E-state index is -3.18. The number of sulfone groups is 1. The zero-order valence-electron chi connectivity index (χ0n) is 16.2. The fraction of sp³-hybridized carbons (Fsp3) is 0.632. The van der Waals surface area contributed by atoms with Gasteiger partial charge in [-0.3, -0.25) is 9.69 Å². The highest BCUT2D eigenvalue weighted by molar-refractivity contribution is 7.91. The summed E-state index contributed by atoms with van der Waals surface area (Å²) in [5.74, 6) is 0.463. The normalized spacial score (nSPS) is 24.2. The molecule has 1 aromatic carbocycles. The molecule has 0 aromatic heterocycles. The Kier molecular flexibility index (Phi) is 6.73. The van der Waals surface area contributed by atoms with E-state index in [1.54, 1.807) is 6.07 Å². The molecule has 2 aliphatic heterocycles. The molecule has 3 rings (SSSR count). The van der Waals surface area contributed by atoms with Crippen LogP contribution >= 0.6 is 11.6 Å². The molecule has 1 amide bonds. The van der Waals surface area contributed by atoms with Gasteiger partial charge in [-0.1, -0.05) is 18.5 Å². The SMILES string of the molecule is CCCOc1c(Cl)cc(C(=O)NC2CS(=O)(=O)CC2N2CCCC2)cc1OC. The third-order valence-corrected chi connectivity index (χ3v) is 7.19. The van der Waals surface area contributed by atoms with E-state index in [-0.39, 0.29) is 28.5 Å².